The summed E-state index contributed by atoms with van der Waals surface area (Å²) in [6.07, 6.45) is 6.31. The zero-order chi connectivity index (χ0) is 13.9. The van der Waals surface area contributed by atoms with Crippen molar-refractivity contribution in [1.29, 1.82) is 0 Å². The van der Waals surface area contributed by atoms with Crippen LogP contribution in [0, 0.1) is 0 Å². The highest BCUT2D eigenvalue weighted by atomic mass is 16.4. The van der Waals surface area contributed by atoms with Crippen molar-refractivity contribution in [3.8, 4) is 0 Å². The van der Waals surface area contributed by atoms with Gasteiger partial charge < -0.3 is 5.11 Å². The van der Waals surface area contributed by atoms with Gasteiger partial charge in [0.05, 0.1) is 0 Å². The van der Waals surface area contributed by atoms with Crippen molar-refractivity contribution in [3.05, 3.63) is 47.0 Å². The van der Waals surface area contributed by atoms with Crippen LogP contribution in [0.25, 0.3) is 0 Å². The Kier molecular flexibility index (Phi) is 3.88. The van der Waals surface area contributed by atoms with Gasteiger partial charge in [-0.3, -0.25) is 4.90 Å². The smallest absolute Gasteiger partial charge is 0.332 e. The minimum atomic E-state index is -0.763. The molecule has 0 saturated carbocycles. The SMILES string of the molecule is O=C(O)C1=CCCN(CCC2CCc3ccccc32)C1. The Labute approximate surface area is 119 Å². The molecule has 1 aliphatic heterocycles. The molecule has 0 amide bonds. The zero-order valence-electron chi connectivity index (χ0n) is 11.7. The molecule has 3 heteroatoms. The molecule has 1 N–H and O–H groups in total. The Morgan fingerprint density at radius 3 is 3.05 bits per heavy atom. The molecular weight excluding hydrogens is 250 g/mol. The first kappa shape index (κ1) is 13.4. The molecule has 2 aliphatic rings. The van der Waals surface area contributed by atoms with Gasteiger partial charge in [0.2, 0.25) is 0 Å². The van der Waals surface area contributed by atoms with Crippen LogP contribution in [-0.4, -0.2) is 35.6 Å². The van der Waals surface area contributed by atoms with Gasteiger partial charge in [-0.15, -0.1) is 0 Å². The second-order valence-corrected chi connectivity index (χ2v) is 5.82. The maximum atomic E-state index is 11.0. The van der Waals surface area contributed by atoms with Gasteiger partial charge in [-0.05, 0) is 49.3 Å². The number of hydrogen-bond acceptors (Lipinski definition) is 2. The van der Waals surface area contributed by atoms with Crippen LogP contribution in [0.4, 0.5) is 0 Å². The van der Waals surface area contributed by atoms with E-state index in [1.807, 2.05) is 6.08 Å². The summed E-state index contributed by atoms with van der Waals surface area (Å²) in [5.74, 6) is -0.105. The van der Waals surface area contributed by atoms with Crippen LogP contribution in [0.1, 0.15) is 36.3 Å². The van der Waals surface area contributed by atoms with Crippen LogP contribution in [0.15, 0.2) is 35.9 Å². The monoisotopic (exact) mass is 271 g/mol. The van der Waals surface area contributed by atoms with Crippen molar-refractivity contribution >= 4 is 5.97 Å². The topological polar surface area (TPSA) is 40.5 Å². The molecular formula is C17H21NO2. The summed E-state index contributed by atoms with van der Waals surface area (Å²) in [5.41, 5.74) is 3.57. The average molecular weight is 271 g/mol. The molecule has 0 spiro atoms. The Morgan fingerprint density at radius 2 is 2.20 bits per heavy atom. The first-order chi connectivity index (χ1) is 9.74. The lowest BCUT2D eigenvalue weighted by molar-refractivity contribution is -0.133. The normalized spacial score (nSPS) is 22.4. The van der Waals surface area contributed by atoms with Crippen LogP contribution in [0.3, 0.4) is 0 Å². The van der Waals surface area contributed by atoms with E-state index in [9.17, 15) is 4.79 Å². The highest BCUT2D eigenvalue weighted by Gasteiger charge is 2.23. The van der Waals surface area contributed by atoms with Crippen molar-refractivity contribution in [2.24, 2.45) is 0 Å². The maximum absolute atomic E-state index is 11.0. The fourth-order valence-electron chi connectivity index (χ4n) is 3.44. The van der Waals surface area contributed by atoms with E-state index >= 15 is 0 Å². The lowest BCUT2D eigenvalue weighted by Gasteiger charge is -2.27. The van der Waals surface area contributed by atoms with Gasteiger partial charge in [0, 0.05) is 18.7 Å². The van der Waals surface area contributed by atoms with Crippen LogP contribution in [0.2, 0.25) is 0 Å². The Bertz CT molecular complexity index is 536. The van der Waals surface area contributed by atoms with Gasteiger partial charge in [0.1, 0.15) is 0 Å². The predicted octanol–water partition coefficient (Wildman–Crippen LogP) is 2.82. The minimum Gasteiger partial charge on any atom is -0.478 e. The van der Waals surface area contributed by atoms with Gasteiger partial charge >= 0.3 is 5.97 Å². The molecule has 0 fully saturated rings. The number of benzene rings is 1. The molecule has 20 heavy (non-hydrogen) atoms. The Balaban J connectivity index is 1.56. The number of aliphatic carboxylic acids is 1. The van der Waals surface area contributed by atoms with Crippen molar-refractivity contribution in [2.45, 2.75) is 31.6 Å². The summed E-state index contributed by atoms with van der Waals surface area (Å²) < 4.78 is 0. The van der Waals surface area contributed by atoms with Crippen molar-refractivity contribution < 1.29 is 9.90 Å². The van der Waals surface area contributed by atoms with Crippen molar-refractivity contribution in [2.75, 3.05) is 19.6 Å². The summed E-state index contributed by atoms with van der Waals surface area (Å²) in [4.78, 5) is 13.3. The number of aryl methyl sites for hydroxylation is 1. The molecule has 1 atom stereocenters. The highest BCUT2D eigenvalue weighted by Crippen LogP contribution is 2.35. The first-order valence-corrected chi connectivity index (χ1v) is 7.46. The molecule has 3 rings (SSSR count). The fraction of sp³-hybridized carbons (Fsp3) is 0.471. The van der Waals surface area contributed by atoms with Gasteiger partial charge in [0.15, 0.2) is 0 Å². The molecule has 1 aromatic carbocycles. The van der Waals surface area contributed by atoms with E-state index in [0.717, 1.165) is 25.9 Å². The van der Waals surface area contributed by atoms with Gasteiger partial charge in [0.25, 0.3) is 0 Å². The summed E-state index contributed by atoms with van der Waals surface area (Å²) in [6, 6.07) is 8.74. The Morgan fingerprint density at radius 1 is 1.35 bits per heavy atom. The van der Waals surface area contributed by atoms with Gasteiger partial charge in [-0.2, -0.15) is 0 Å². The molecule has 1 aromatic rings. The molecule has 1 unspecified atom stereocenters. The molecule has 1 heterocycles. The average Bonchev–Trinajstić information content (AvgIpc) is 2.89. The summed E-state index contributed by atoms with van der Waals surface area (Å²) in [6.45, 7) is 2.60. The molecule has 0 aromatic heterocycles. The van der Waals surface area contributed by atoms with Crippen LogP contribution in [-0.2, 0) is 11.2 Å². The standard InChI is InChI=1S/C17H21NO2/c19-17(20)15-5-3-10-18(12-15)11-9-14-8-7-13-4-1-2-6-16(13)14/h1-2,4-6,14H,3,7-12H2,(H,19,20). The second-order valence-electron chi connectivity index (χ2n) is 5.82. The summed E-state index contributed by atoms with van der Waals surface area (Å²) in [5, 5.41) is 9.07. The van der Waals surface area contributed by atoms with E-state index in [4.69, 9.17) is 5.11 Å². The predicted molar refractivity (Wildman–Crippen MR) is 78.9 cm³/mol. The fourth-order valence-corrected chi connectivity index (χ4v) is 3.44. The van der Waals surface area contributed by atoms with E-state index in [1.54, 1.807) is 0 Å². The third kappa shape index (κ3) is 2.78. The molecule has 0 saturated heterocycles. The second kappa shape index (κ2) is 5.80. The lowest BCUT2D eigenvalue weighted by atomic mass is 9.97. The first-order valence-electron chi connectivity index (χ1n) is 7.46. The van der Waals surface area contributed by atoms with Crippen molar-refractivity contribution in [3.63, 3.8) is 0 Å². The van der Waals surface area contributed by atoms with E-state index in [2.05, 4.69) is 29.2 Å². The van der Waals surface area contributed by atoms with Crippen molar-refractivity contribution in [1.82, 2.24) is 4.90 Å². The zero-order valence-corrected chi connectivity index (χ0v) is 11.7. The lowest BCUT2D eigenvalue weighted by Crippen LogP contribution is -2.33. The van der Waals surface area contributed by atoms with Gasteiger partial charge in [-0.25, -0.2) is 4.79 Å². The van der Waals surface area contributed by atoms with E-state index < -0.39 is 5.97 Å². The molecule has 3 nitrogen and oxygen atoms in total. The Hall–Kier alpha value is -1.61. The van der Waals surface area contributed by atoms with Crippen LogP contribution in [0.5, 0.6) is 0 Å². The maximum Gasteiger partial charge on any atom is 0.332 e. The molecule has 0 radical (unpaired) electrons. The largest absolute Gasteiger partial charge is 0.478 e. The number of carboxylic acids is 1. The van der Waals surface area contributed by atoms with E-state index in [0.29, 0.717) is 18.0 Å². The molecule has 1 aliphatic carbocycles. The van der Waals surface area contributed by atoms with Crippen LogP contribution < -0.4 is 0 Å². The number of carbonyl (C=O) groups is 1. The van der Waals surface area contributed by atoms with E-state index in [-0.39, 0.29) is 0 Å². The van der Waals surface area contributed by atoms with E-state index in [1.165, 1.54) is 24.0 Å². The quantitative estimate of drug-likeness (QED) is 0.915. The molecule has 106 valence electrons. The summed E-state index contributed by atoms with van der Waals surface area (Å²) >= 11 is 0. The third-order valence-corrected chi connectivity index (χ3v) is 4.56. The number of carboxylic acid groups (broad SMARTS) is 1. The van der Waals surface area contributed by atoms with Gasteiger partial charge in [-0.1, -0.05) is 30.3 Å². The highest BCUT2D eigenvalue weighted by molar-refractivity contribution is 5.87. The number of hydrogen-bond donors (Lipinski definition) is 1. The summed E-state index contributed by atoms with van der Waals surface area (Å²) in [7, 11) is 0. The third-order valence-electron chi connectivity index (χ3n) is 4.56. The van der Waals surface area contributed by atoms with Crippen LogP contribution >= 0.6 is 0 Å². The number of rotatable bonds is 4. The number of fused-ring (bicyclic) bond motifs is 1. The molecule has 0 bridgehead atoms. The minimum absolute atomic E-state index is 0.558. The number of nitrogens with zero attached hydrogens (tertiary/aromatic N) is 1.